The third-order valence-electron chi connectivity index (χ3n) is 2.01. The highest BCUT2D eigenvalue weighted by Crippen LogP contribution is 2.11. The summed E-state index contributed by atoms with van der Waals surface area (Å²) in [5, 5.41) is 2.75. The average Bonchev–Trinajstić information content (AvgIpc) is 2.43. The van der Waals surface area contributed by atoms with Crippen molar-refractivity contribution in [3.05, 3.63) is 0 Å². The van der Waals surface area contributed by atoms with E-state index in [1.807, 2.05) is 13.8 Å². The lowest BCUT2D eigenvalue weighted by Gasteiger charge is -2.06. The van der Waals surface area contributed by atoms with Crippen molar-refractivity contribution in [1.82, 2.24) is 5.32 Å². The van der Waals surface area contributed by atoms with E-state index in [2.05, 4.69) is 10.3 Å². The van der Waals surface area contributed by atoms with Gasteiger partial charge in [-0.05, 0) is 5.92 Å². The van der Waals surface area contributed by atoms with Gasteiger partial charge in [-0.2, -0.15) is 0 Å². The van der Waals surface area contributed by atoms with Gasteiger partial charge in [-0.1, -0.05) is 13.8 Å². The Morgan fingerprint density at radius 1 is 1.62 bits per heavy atom. The average molecular weight is 184 g/mol. The van der Waals surface area contributed by atoms with Crippen molar-refractivity contribution >= 4 is 11.7 Å². The first-order valence-electron chi connectivity index (χ1n) is 4.51. The van der Waals surface area contributed by atoms with E-state index in [0.29, 0.717) is 13.0 Å². The predicted molar refractivity (Wildman–Crippen MR) is 50.7 cm³/mol. The van der Waals surface area contributed by atoms with Crippen LogP contribution in [0.1, 0.15) is 20.3 Å². The number of hydrogen-bond donors (Lipinski definition) is 1. The molecule has 0 radical (unpaired) electrons. The fourth-order valence-electron chi connectivity index (χ4n) is 1.25. The van der Waals surface area contributed by atoms with Gasteiger partial charge in [0.25, 0.3) is 0 Å². The second kappa shape index (κ2) is 4.37. The molecule has 0 saturated heterocycles. The third-order valence-corrected chi connectivity index (χ3v) is 2.01. The van der Waals surface area contributed by atoms with Crippen molar-refractivity contribution in [2.24, 2.45) is 10.9 Å². The second-order valence-electron chi connectivity index (χ2n) is 3.50. The van der Waals surface area contributed by atoms with Gasteiger partial charge >= 0.3 is 0 Å². The van der Waals surface area contributed by atoms with Crippen LogP contribution in [0.3, 0.4) is 0 Å². The van der Waals surface area contributed by atoms with Crippen molar-refractivity contribution in [3.63, 3.8) is 0 Å². The molecule has 13 heavy (non-hydrogen) atoms. The number of ether oxygens (including phenoxy) is 1. The number of rotatable bonds is 4. The van der Waals surface area contributed by atoms with Crippen LogP contribution in [0.5, 0.6) is 0 Å². The molecule has 1 aliphatic heterocycles. The molecule has 0 saturated carbocycles. The van der Waals surface area contributed by atoms with Crippen LogP contribution in [0.2, 0.25) is 0 Å². The Labute approximate surface area is 78.4 Å². The zero-order valence-corrected chi connectivity index (χ0v) is 8.33. The minimum atomic E-state index is -0.202. The molecule has 4 nitrogen and oxygen atoms in total. The summed E-state index contributed by atoms with van der Waals surface area (Å²) >= 11 is 0. The quantitative estimate of drug-likeness (QED) is 0.694. The maximum atomic E-state index is 11.3. The number of nitrogens with one attached hydrogen (secondary N) is 1. The number of carbonyl (C=O) groups is 1. The molecule has 1 rings (SSSR count). The summed E-state index contributed by atoms with van der Waals surface area (Å²) in [6, 6.07) is -0.202. The van der Waals surface area contributed by atoms with Crippen molar-refractivity contribution in [1.29, 1.82) is 0 Å². The first kappa shape index (κ1) is 10.2. The van der Waals surface area contributed by atoms with E-state index in [4.69, 9.17) is 4.74 Å². The summed E-state index contributed by atoms with van der Waals surface area (Å²) in [5.41, 5.74) is 0. The van der Waals surface area contributed by atoms with Crippen LogP contribution in [-0.4, -0.2) is 31.5 Å². The Balaban J connectivity index is 2.51. The summed E-state index contributed by atoms with van der Waals surface area (Å²) in [6.45, 7) is 4.59. The zero-order valence-electron chi connectivity index (χ0n) is 8.33. The number of nitrogens with zero attached hydrogens (tertiary/aromatic N) is 1. The van der Waals surface area contributed by atoms with Crippen LogP contribution in [0, 0.1) is 5.92 Å². The zero-order chi connectivity index (χ0) is 9.84. The van der Waals surface area contributed by atoms with Gasteiger partial charge in [0.15, 0.2) is 0 Å². The number of hydrogen-bond acceptors (Lipinski definition) is 3. The number of amidine groups is 1. The van der Waals surface area contributed by atoms with Crippen molar-refractivity contribution < 1.29 is 9.53 Å². The van der Waals surface area contributed by atoms with E-state index < -0.39 is 0 Å². The Hall–Kier alpha value is -0.900. The number of methoxy groups -OCH3 is 1. The summed E-state index contributed by atoms with van der Waals surface area (Å²) < 4.78 is 4.90. The lowest BCUT2D eigenvalue weighted by atomic mass is 10.1. The molecule has 74 valence electrons. The molecule has 0 fully saturated rings. The van der Waals surface area contributed by atoms with Crippen molar-refractivity contribution in [2.45, 2.75) is 26.3 Å². The topological polar surface area (TPSA) is 50.7 Å². The van der Waals surface area contributed by atoms with Gasteiger partial charge < -0.3 is 10.1 Å². The van der Waals surface area contributed by atoms with Gasteiger partial charge in [0, 0.05) is 13.5 Å². The Bertz CT molecular complexity index is 224. The molecule has 1 amide bonds. The van der Waals surface area contributed by atoms with Gasteiger partial charge in [-0.15, -0.1) is 0 Å². The lowest BCUT2D eigenvalue weighted by molar-refractivity contribution is -0.120. The third kappa shape index (κ3) is 2.52. The summed E-state index contributed by atoms with van der Waals surface area (Å²) in [4.78, 5) is 15.6. The Kier molecular flexibility index (Phi) is 3.42. The predicted octanol–water partition coefficient (Wildman–Crippen LogP) is 0.576. The molecule has 1 atom stereocenters. The summed E-state index contributed by atoms with van der Waals surface area (Å²) in [5.74, 6) is 1.03. The number of amides is 1. The summed E-state index contributed by atoms with van der Waals surface area (Å²) in [7, 11) is 1.64. The highest BCUT2D eigenvalue weighted by atomic mass is 16.5. The second-order valence-corrected chi connectivity index (χ2v) is 3.50. The van der Waals surface area contributed by atoms with Crippen LogP contribution < -0.4 is 5.32 Å². The van der Waals surface area contributed by atoms with Crippen molar-refractivity contribution in [2.75, 3.05) is 13.7 Å². The van der Waals surface area contributed by atoms with E-state index in [1.165, 1.54) is 0 Å². The monoisotopic (exact) mass is 184 g/mol. The molecule has 0 aromatic carbocycles. The van der Waals surface area contributed by atoms with Crippen LogP contribution in [-0.2, 0) is 9.53 Å². The maximum absolute atomic E-state index is 11.3. The standard InChI is InChI=1S/C9H16N2O2/c1-6(2)8-9(12)11-7(10-8)4-5-13-3/h6,8H,4-5H2,1-3H3,(H,10,11,12). The lowest BCUT2D eigenvalue weighted by Crippen LogP contribution is -2.31. The molecular formula is C9H16N2O2. The van der Waals surface area contributed by atoms with Gasteiger partial charge in [0.1, 0.15) is 11.9 Å². The molecule has 4 heteroatoms. The fraction of sp³-hybridized carbons (Fsp3) is 0.778. The van der Waals surface area contributed by atoms with Crippen LogP contribution >= 0.6 is 0 Å². The fourth-order valence-corrected chi connectivity index (χ4v) is 1.25. The van der Waals surface area contributed by atoms with E-state index >= 15 is 0 Å². The Morgan fingerprint density at radius 2 is 2.31 bits per heavy atom. The van der Waals surface area contributed by atoms with E-state index in [1.54, 1.807) is 7.11 Å². The van der Waals surface area contributed by atoms with Gasteiger partial charge in [0.2, 0.25) is 5.91 Å². The van der Waals surface area contributed by atoms with Gasteiger partial charge in [-0.3, -0.25) is 9.79 Å². The Morgan fingerprint density at radius 3 is 2.77 bits per heavy atom. The maximum Gasteiger partial charge on any atom is 0.250 e. The van der Waals surface area contributed by atoms with Crippen LogP contribution in [0.15, 0.2) is 4.99 Å². The van der Waals surface area contributed by atoms with E-state index in [0.717, 1.165) is 5.84 Å². The molecule has 1 unspecified atom stereocenters. The highest BCUT2D eigenvalue weighted by Gasteiger charge is 2.28. The summed E-state index contributed by atoms with van der Waals surface area (Å²) in [6.07, 6.45) is 0.686. The van der Waals surface area contributed by atoms with E-state index in [9.17, 15) is 4.79 Å². The van der Waals surface area contributed by atoms with E-state index in [-0.39, 0.29) is 17.9 Å². The molecule has 0 aromatic rings. The first-order chi connectivity index (χ1) is 6.15. The minimum absolute atomic E-state index is 0.0149. The molecule has 0 spiro atoms. The molecule has 0 bridgehead atoms. The molecule has 1 heterocycles. The minimum Gasteiger partial charge on any atom is -0.384 e. The van der Waals surface area contributed by atoms with Crippen molar-refractivity contribution in [3.8, 4) is 0 Å². The van der Waals surface area contributed by atoms with Crippen LogP contribution in [0.4, 0.5) is 0 Å². The smallest absolute Gasteiger partial charge is 0.250 e. The largest absolute Gasteiger partial charge is 0.384 e. The normalized spacial score (nSPS) is 22.0. The highest BCUT2D eigenvalue weighted by molar-refractivity contribution is 6.05. The van der Waals surface area contributed by atoms with Gasteiger partial charge in [-0.25, -0.2) is 0 Å². The molecular weight excluding hydrogens is 168 g/mol. The first-order valence-corrected chi connectivity index (χ1v) is 4.51. The molecule has 1 N–H and O–H groups in total. The van der Waals surface area contributed by atoms with Crippen LogP contribution in [0.25, 0.3) is 0 Å². The molecule has 0 aliphatic carbocycles. The molecule has 1 aliphatic rings. The molecule has 0 aromatic heterocycles. The SMILES string of the molecule is COCCC1=NC(C(C)C)C(=O)N1. The van der Waals surface area contributed by atoms with Gasteiger partial charge in [0.05, 0.1) is 6.61 Å². The number of aliphatic imine (C=N–C) groups is 1. The number of carbonyl (C=O) groups excluding carboxylic acids is 1.